The first-order valence-electron chi connectivity index (χ1n) is 17.1. The van der Waals surface area contributed by atoms with Gasteiger partial charge in [-0.25, -0.2) is 4.99 Å². The molecule has 3 heteroatoms. The lowest BCUT2D eigenvalue weighted by Gasteiger charge is -2.22. The van der Waals surface area contributed by atoms with Gasteiger partial charge in [0, 0.05) is 27.2 Å². The highest BCUT2D eigenvalue weighted by molar-refractivity contribution is 6.16. The van der Waals surface area contributed by atoms with Crippen molar-refractivity contribution >= 4 is 39.6 Å². The second kappa shape index (κ2) is 10.6. The maximum Gasteiger partial charge on any atom is 0.100 e. The van der Waals surface area contributed by atoms with Crippen molar-refractivity contribution in [2.75, 3.05) is 0 Å². The molecule has 0 saturated heterocycles. The zero-order chi connectivity index (χ0) is 33.5. The number of nitrogens with one attached hydrogen (secondary N) is 1. The number of hydrogen-bond donors (Lipinski definition) is 1. The van der Waals surface area contributed by atoms with Crippen LogP contribution >= 0.6 is 0 Å². The molecule has 0 fully saturated rings. The number of rotatable bonds is 5. The van der Waals surface area contributed by atoms with Gasteiger partial charge in [0.05, 0.1) is 22.4 Å². The molecule has 0 aliphatic heterocycles. The Balaban J connectivity index is 1.23. The van der Waals surface area contributed by atoms with E-state index in [0.717, 1.165) is 27.9 Å². The van der Waals surface area contributed by atoms with Crippen LogP contribution in [-0.2, 0) is 10.8 Å². The lowest BCUT2D eigenvalue weighted by atomic mass is 9.80. The predicted octanol–water partition coefficient (Wildman–Crippen LogP) is 11.4. The van der Waals surface area contributed by atoms with Crippen molar-refractivity contribution < 1.29 is 0 Å². The second-order valence-electron chi connectivity index (χ2n) is 14.4. The number of fused-ring (bicyclic) bond motifs is 10. The van der Waals surface area contributed by atoms with Crippen LogP contribution in [0.2, 0.25) is 0 Å². The van der Waals surface area contributed by atoms with E-state index in [9.17, 15) is 0 Å². The largest absolute Gasteiger partial charge is 0.300 e. The van der Waals surface area contributed by atoms with Crippen LogP contribution in [0.25, 0.3) is 49.8 Å². The summed E-state index contributed by atoms with van der Waals surface area (Å²) in [6.07, 6.45) is 3.87. The van der Waals surface area contributed by atoms with Crippen molar-refractivity contribution in [1.29, 1.82) is 5.41 Å². The zero-order valence-electron chi connectivity index (χ0n) is 28.3. The van der Waals surface area contributed by atoms with Gasteiger partial charge in [-0.15, -0.1) is 0 Å². The Labute approximate surface area is 287 Å². The number of nitrogens with zero attached hydrogens (tertiary/aromatic N) is 2. The van der Waals surface area contributed by atoms with Gasteiger partial charge in [0.25, 0.3) is 0 Å². The van der Waals surface area contributed by atoms with Gasteiger partial charge in [-0.3, -0.25) is 4.57 Å². The molecule has 0 amide bonds. The fourth-order valence-electron chi connectivity index (χ4n) is 8.50. The molecule has 0 unspecified atom stereocenters. The monoisotopic (exact) mass is 631 g/mol. The van der Waals surface area contributed by atoms with Gasteiger partial charge in [0.1, 0.15) is 6.34 Å². The van der Waals surface area contributed by atoms with Crippen LogP contribution in [-0.4, -0.2) is 16.6 Å². The second-order valence-corrected chi connectivity index (χ2v) is 14.4. The molecule has 0 radical (unpaired) electrons. The highest BCUT2D eigenvalue weighted by atomic mass is 15.0. The van der Waals surface area contributed by atoms with Crippen molar-refractivity contribution in [3.8, 4) is 22.3 Å². The number of allylic oxidation sites excluding steroid dienone is 1. The first-order valence-corrected chi connectivity index (χ1v) is 17.1. The van der Waals surface area contributed by atoms with Crippen LogP contribution in [0, 0.1) is 5.41 Å². The van der Waals surface area contributed by atoms with E-state index < -0.39 is 0 Å². The summed E-state index contributed by atoms with van der Waals surface area (Å²) in [6.45, 7) is 9.30. The summed E-state index contributed by atoms with van der Waals surface area (Å²) in [5, 5.41) is 11.6. The molecule has 49 heavy (non-hydrogen) atoms. The van der Waals surface area contributed by atoms with Gasteiger partial charge in [0.2, 0.25) is 0 Å². The van der Waals surface area contributed by atoms with E-state index in [4.69, 9.17) is 10.4 Å². The molecular formula is C46H37N3. The Bertz CT molecular complexity index is 2560. The molecule has 1 aromatic heterocycles. The van der Waals surface area contributed by atoms with Crippen molar-refractivity contribution in [1.82, 2.24) is 4.57 Å². The van der Waals surface area contributed by atoms with Gasteiger partial charge in [-0.1, -0.05) is 143 Å². The Hall–Kier alpha value is -5.80. The van der Waals surface area contributed by atoms with Crippen LogP contribution in [0.1, 0.15) is 61.1 Å². The molecule has 0 saturated carbocycles. The Morgan fingerprint density at radius 2 is 1.18 bits per heavy atom. The van der Waals surface area contributed by atoms with Crippen molar-refractivity contribution in [2.24, 2.45) is 4.99 Å². The molecule has 2 aliphatic carbocycles. The number of para-hydroxylation sites is 1. The quantitative estimate of drug-likeness (QED) is 0.145. The average molecular weight is 632 g/mol. The molecule has 0 atom stereocenters. The SMILES string of the molecule is CC1(C)c2ccccc2-c2ccc(C(=C/C(=N)c3ccccc3)/N=C/n3c4ccccc4c4c5c(ccc43)-c3ccccc3C5(C)C)cc21. The minimum Gasteiger partial charge on any atom is -0.300 e. The van der Waals surface area contributed by atoms with E-state index >= 15 is 0 Å². The Morgan fingerprint density at radius 1 is 0.571 bits per heavy atom. The fourth-order valence-corrected chi connectivity index (χ4v) is 8.50. The van der Waals surface area contributed by atoms with E-state index in [1.807, 2.05) is 42.7 Å². The Kier molecular flexibility index (Phi) is 6.35. The summed E-state index contributed by atoms with van der Waals surface area (Å²) in [7, 11) is 0. The zero-order valence-corrected chi connectivity index (χ0v) is 28.3. The minimum atomic E-state index is -0.138. The van der Waals surface area contributed by atoms with E-state index in [0.29, 0.717) is 5.71 Å². The smallest absolute Gasteiger partial charge is 0.100 e. The van der Waals surface area contributed by atoms with Crippen LogP contribution in [0.3, 0.4) is 0 Å². The van der Waals surface area contributed by atoms with Crippen LogP contribution in [0.5, 0.6) is 0 Å². The summed E-state index contributed by atoms with van der Waals surface area (Å²) < 4.78 is 2.23. The third-order valence-electron chi connectivity index (χ3n) is 10.9. The van der Waals surface area contributed by atoms with E-state index in [-0.39, 0.29) is 10.8 Å². The van der Waals surface area contributed by atoms with Gasteiger partial charge in [-0.05, 0) is 74.3 Å². The first kappa shape index (κ1) is 29.3. The molecule has 9 rings (SSSR count). The van der Waals surface area contributed by atoms with Gasteiger partial charge in [-0.2, -0.15) is 0 Å². The molecule has 7 aromatic rings. The number of aliphatic imine (C=N–C) groups is 1. The summed E-state index contributed by atoms with van der Waals surface area (Å²) in [4.78, 5) is 5.25. The van der Waals surface area contributed by atoms with Crippen LogP contribution in [0.4, 0.5) is 0 Å². The lowest BCUT2D eigenvalue weighted by Crippen LogP contribution is -2.15. The molecule has 1 N–H and O–H groups in total. The average Bonchev–Trinajstić information content (AvgIpc) is 3.67. The molecule has 3 nitrogen and oxygen atoms in total. The third-order valence-corrected chi connectivity index (χ3v) is 10.9. The Morgan fingerprint density at radius 3 is 1.96 bits per heavy atom. The van der Waals surface area contributed by atoms with Crippen molar-refractivity contribution in [2.45, 2.75) is 38.5 Å². The molecule has 2 aliphatic rings. The first-order chi connectivity index (χ1) is 23.7. The van der Waals surface area contributed by atoms with Gasteiger partial charge >= 0.3 is 0 Å². The maximum absolute atomic E-state index is 9.10. The normalized spacial score (nSPS) is 15.4. The molecule has 236 valence electrons. The third kappa shape index (κ3) is 4.28. The predicted molar refractivity (Wildman–Crippen MR) is 206 cm³/mol. The van der Waals surface area contributed by atoms with Crippen LogP contribution in [0.15, 0.2) is 145 Å². The summed E-state index contributed by atoms with van der Waals surface area (Å²) in [6, 6.07) is 47.3. The highest BCUT2D eigenvalue weighted by Gasteiger charge is 2.38. The summed E-state index contributed by atoms with van der Waals surface area (Å²) >= 11 is 0. The van der Waals surface area contributed by atoms with Gasteiger partial charge < -0.3 is 5.41 Å². The van der Waals surface area contributed by atoms with Gasteiger partial charge in [0.15, 0.2) is 0 Å². The maximum atomic E-state index is 9.10. The summed E-state index contributed by atoms with van der Waals surface area (Å²) in [5.41, 5.74) is 15.6. The molecule has 1 heterocycles. The number of benzene rings is 6. The fraction of sp³-hybridized carbons (Fsp3) is 0.130. The van der Waals surface area contributed by atoms with Crippen molar-refractivity contribution in [3.05, 3.63) is 173 Å². The minimum absolute atomic E-state index is 0.137. The lowest BCUT2D eigenvalue weighted by molar-refractivity contribution is 0.660. The molecule has 0 spiro atoms. The van der Waals surface area contributed by atoms with E-state index in [1.54, 1.807) is 0 Å². The molecule has 6 aromatic carbocycles. The van der Waals surface area contributed by atoms with E-state index in [2.05, 4.69) is 135 Å². The van der Waals surface area contributed by atoms with Crippen LogP contribution < -0.4 is 0 Å². The molecule has 0 bridgehead atoms. The summed E-state index contributed by atoms with van der Waals surface area (Å²) in [5.74, 6) is 0. The van der Waals surface area contributed by atoms with E-state index in [1.165, 1.54) is 55.3 Å². The topological polar surface area (TPSA) is 41.1 Å². The standard InChI is InChI=1S/C46H37N3/c1-45(2)36-19-11-8-16-31(36)33-23-22-30(26-38(33)45)40(27-39(47)29-14-6-5-7-15-29)48-28-49-41-21-13-10-18-35(41)43-42(49)25-24-34-32-17-9-12-20-37(32)46(3,4)44(34)43/h5-28,47H,1-4H3/b40-27-,47-39?,48-28+. The molecular weight excluding hydrogens is 595 g/mol. The number of hydrogen-bond acceptors (Lipinski definition) is 2. The highest BCUT2D eigenvalue weighted by Crippen LogP contribution is 2.53. The van der Waals surface area contributed by atoms with Crippen molar-refractivity contribution in [3.63, 3.8) is 0 Å². The number of aromatic nitrogens is 1.